The quantitative estimate of drug-likeness (QED) is 0.0490. The van der Waals surface area contributed by atoms with E-state index in [-0.39, 0.29) is 28.8 Å². The zero-order chi connectivity index (χ0) is 39.1. The molecule has 294 valence electrons. The first-order valence-electron chi connectivity index (χ1n) is 19.3. The summed E-state index contributed by atoms with van der Waals surface area (Å²) in [4.78, 5) is 26.4. The van der Waals surface area contributed by atoms with Gasteiger partial charge in [0.25, 0.3) is 5.91 Å². The molecule has 0 fully saturated rings. The molecule has 0 aromatic heterocycles. The van der Waals surface area contributed by atoms with Crippen molar-refractivity contribution >= 4 is 40.1 Å². The Balaban J connectivity index is 1.56. The number of ether oxygens (including phenoxy) is 2. The highest BCUT2D eigenvalue weighted by Crippen LogP contribution is 2.39. The number of hydrogen-bond acceptors (Lipinski definition) is 8. The summed E-state index contributed by atoms with van der Waals surface area (Å²) in [5.74, 6) is 0.260. The van der Waals surface area contributed by atoms with Crippen molar-refractivity contribution in [3.05, 3.63) is 66.2 Å². The topological polar surface area (TPSA) is 159 Å². The molecule has 3 amide bonds. The molecule has 2 atom stereocenters. The number of carbonyl (C=O) groups excluding carboxylic acids is 2. The summed E-state index contributed by atoms with van der Waals surface area (Å²) in [5, 5.41) is 27.9. The SMILES string of the molecule is CCCCCCCCCCCCCCCCS(=O)OC(C(=O)Nc1cc(O)c(NC(=O)Nc2ccc(C#N)cc2)cc1Oc1ccc(OC)cc1)C(C)C. The summed E-state index contributed by atoms with van der Waals surface area (Å²) < 4.78 is 30.0. The van der Waals surface area contributed by atoms with Crippen LogP contribution in [0.4, 0.5) is 21.9 Å². The van der Waals surface area contributed by atoms with Crippen molar-refractivity contribution in [1.82, 2.24) is 0 Å². The molecule has 12 heteroatoms. The first-order chi connectivity index (χ1) is 26.1. The smallest absolute Gasteiger partial charge is 0.323 e. The second kappa shape index (κ2) is 24.7. The van der Waals surface area contributed by atoms with E-state index in [4.69, 9.17) is 18.9 Å². The highest BCUT2D eigenvalue weighted by molar-refractivity contribution is 7.80. The number of unbranched alkanes of at least 4 members (excludes halogenated alkanes) is 13. The number of benzene rings is 3. The van der Waals surface area contributed by atoms with Crippen LogP contribution in [0.15, 0.2) is 60.7 Å². The van der Waals surface area contributed by atoms with Crippen molar-refractivity contribution in [1.29, 1.82) is 5.26 Å². The van der Waals surface area contributed by atoms with Gasteiger partial charge in [-0.15, -0.1) is 0 Å². The number of rotatable bonds is 25. The van der Waals surface area contributed by atoms with Crippen LogP contribution in [0.3, 0.4) is 0 Å². The number of methoxy groups -OCH3 is 1. The van der Waals surface area contributed by atoms with Gasteiger partial charge in [0.1, 0.15) is 17.2 Å². The Bertz CT molecular complexity index is 1640. The van der Waals surface area contributed by atoms with Crippen molar-refractivity contribution in [2.45, 2.75) is 117 Å². The van der Waals surface area contributed by atoms with Gasteiger partial charge in [0.05, 0.1) is 30.1 Å². The lowest BCUT2D eigenvalue weighted by molar-refractivity contribution is -0.124. The molecule has 54 heavy (non-hydrogen) atoms. The van der Waals surface area contributed by atoms with E-state index in [1.807, 2.05) is 6.07 Å². The van der Waals surface area contributed by atoms with Crippen molar-refractivity contribution < 1.29 is 32.6 Å². The summed E-state index contributed by atoms with van der Waals surface area (Å²) in [5.41, 5.74) is 0.996. The molecule has 3 aromatic rings. The first kappa shape index (κ1) is 43.8. The third-order valence-corrected chi connectivity index (χ3v) is 9.95. The number of nitrogens with one attached hydrogen (secondary N) is 3. The lowest BCUT2D eigenvalue weighted by atomic mass is 10.0. The number of anilines is 3. The molecule has 0 aliphatic carbocycles. The molecule has 0 aliphatic rings. The Hall–Kier alpha value is -4.60. The van der Waals surface area contributed by atoms with Gasteiger partial charge in [-0.2, -0.15) is 5.26 Å². The Morgan fingerprint density at radius 3 is 1.85 bits per heavy atom. The predicted molar refractivity (Wildman–Crippen MR) is 217 cm³/mol. The minimum atomic E-state index is -1.66. The maximum absolute atomic E-state index is 13.6. The summed E-state index contributed by atoms with van der Waals surface area (Å²) >= 11 is -1.66. The van der Waals surface area contributed by atoms with E-state index in [1.54, 1.807) is 69.5 Å². The van der Waals surface area contributed by atoms with Crippen LogP contribution in [0.25, 0.3) is 0 Å². The molecule has 3 rings (SSSR count). The van der Waals surface area contributed by atoms with Crippen molar-refractivity contribution in [2.24, 2.45) is 5.92 Å². The van der Waals surface area contributed by atoms with Crippen LogP contribution >= 0.6 is 0 Å². The van der Waals surface area contributed by atoms with Crippen LogP contribution in [0, 0.1) is 17.2 Å². The average molecular weight is 763 g/mol. The molecular weight excluding hydrogens is 705 g/mol. The number of aromatic hydroxyl groups is 1. The predicted octanol–water partition coefficient (Wildman–Crippen LogP) is 10.8. The first-order valence-corrected chi connectivity index (χ1v) is 20.5. The van der Waals surface area contributed by atoms with Crippen molar-refractivity contribution in [3.8, 4) is 29.1 Å². The highest BCUT2D eigenvalue weighted by atomic mass is 32.2. The molecule has 0 saturated heterocycles. The zero-order valence-electron chi connectivity index (χ0n) is 32.3. The van der Waals surface area contributed by atoms with Gasteiger partial charge < -0.3 is 30.5 Å². The standard InChI is InChI=1S/C42H58N4O7S/c1-5-6-7-8-9-10-11-12-13-14-15-16-17-18-27-54(50)53-40(31(2)3)41(48)45-37-28-38(47)36(29-39(37)52-35-25-23-34(51-4)24-26-35)46-42(49)44-33-21-19-32(30-43)20-22-33/h19-26,28-29,31,40,47H,5-18,27H2,1-4H3,(H,45,48)(H2,44,46,49). The highest BCUT2D eigenvalue weighted by Gasteiger charge is 2.27. The van der Waals surface area contributed by atoms with Gasteiger partial charge in [0, 0.05) is 23.6 Å². The Morgan fingerprint density at radius 1 is 0.759 bits per heavy atom. The molecule has 2 unspecified atom stereocenters. The molecule has 0 aliphatic heterocycles. The number of phenolic OH excluding ortho intramolecular Hbond substituents is 1. The zero-order valence-corrected chi connectivity index (χ0v) is 33.1. The molecule has 3 aromatic carbocycles. The summed E-state index contributed by atoms with van der Waals surface area (Å²) in [6.07, 6.45) is 16.1. The summed E-state index contributed by atoms with van der Waals surface area (Å²) in [6.45, 7) is 5.86. The molecule has 0 radical (unpaired) electrons. The molecule has 0 saturated carbocycles. The van der Waals surface area contributed by atoms with E-state index >= 15 is 0 Å². The lowest BCUT2D eigenvalue weighted by Crippen LogP contribution is -2.35. The second-order valence-corrected chi connectivity index (χ2v) is 15.0. The van der Waals surface area contributed by atoms with Gasteiger partial charge in [-0.25, -0.2) is 9.00 Å². The maximum Gasteiger partial charge on any atom is 0.323 e. The van der Waals surface area contributed by atoms with Gasteiger partial charge in [-0.1, -0.05) is 104 Å². The molecule has 11 nitrogen and oxygen atoms in total. The average Bonchev–Trinajstić information content (AvgIpc) is 3.16. The van der Waals surface area contributed by atoms with Crippen LogP contribution in [0.1, 0.15) is 116 Å². The van der Waals surface area contributed by atoms with Crippen molar-refractivity contribution in [2.75, 3.05) is 28.8 Å². The number of urea groups is 1. The Labute approximate surface area is 323 Å². The molecular formula is C42H58N4O7S. The van der Waals surface area contributed by atoms with Crippen LogP contribution in [-0.4, -0.2) is 40.2 Å². The van der Waals surface area contributed by atoms with E-state index in [0.717, 1.165) is 19.3 Å². The van der Waals surface area contributed by atoms with E-state index in [2.05, 4.69) is 22.9 Å². The second-order valence-electron chi connectivity index (χ2n) is 13.8. The Morgan fingerprint density at radius 2 is 1.31 bits per heavy atom. The number of carbonyl (C=O) groups is 2. The summed E-state index contributed by atoms with van der Waals surface area (Å²) in [7, 11) is 1.55. The minimum absolute atomic E-state index is 0.00795. The molecule has 4 N–H and O–H groups in total. The number of hydrogen-bond donors (Lipinski definition) is 4. The van der Waals surface area contributed by atoms with E-state index in [1.165, 1.54) is 82.8 Å². The van der Waals surface area contributed by atoms with E-state index < -0.39 is 29.1 Å². The fourth-order valence-electron chi connectivity index (χ4n) is 5.77. The van der Waals surface area contributed by atoms with Crippen LogP contribution in [-0.2, 0) is 20.1 Å². The number of nitrogens with zero attached hydrogens (tertiary/aromatic N) is 1. The Kier molecular flexibility index (Phi) is 20.0. The molecule has 0 heterocycles. The number of phenols is 1. The number of nitriles is 1. The third kappa shape index (κ3) is 16.2. The fourth-order valence-corrected chi connectivity index (χ4v) is 6.85. The lowest BCUT2D eigenvalue weighted by Gasteiger charge is -2.21. The van der Waals surface area contributed by atoms with Crippen LogP contribution < -0.4 is 25.4 Å². The maximum atomic E-state index is 13.6. The van der Waals surface area contributed by atoms with Crippen LogP contribution in [0.2, 0.25) is 0 Å². The van der Waals surface area contributed by atoms with Crippen molar-refractivity contribution in [3.63, 3.8) is 0 Å². The van der Waals surface area contributed by atoms with E-state index in [9.17, 15) is 18.9 Å². The fraction of sp³-hybridized carbons (Fsp3) is 0.500. The molecule has 0 bridgehead atoms. The normalized spacial score (nSPS) is 12.1. The van der Waals surface area contributed by atoms with Gasteiger partial charge in [-0.05, 0) is 60.9 Å². The van der Waals surface area contributed by atoms with Gasteiger partial charge >= 0.3 is 6.03 Å². The van der Waals surface area contributed by atoms with Crippen LogP contribution in [0.5, 0.6) is 23.0 Å². The summed E-state index contributed by atoms with van der Waals surface area (Å²) in [6, 6.07) is 17.0. The largest absolute Gasteiger partial charge is 0.506 e. The monoisotopic (exact) mass is 762 g/mol. The number of amides is 3. The third-order valence-electron chi connectivity index (χ3n) is 8.90. The van der Waals surface area contributed by atoms with Gasteiger partial charge in [0.2, 0.25) is 0 Å². The van der Waals surface area contributed by atoms with Gasteiger partial charge in [-0.3, -0.25) is 8.98 Å². The van der Waals surface area contributed by atoms with E-state index in [0.29, 0.717) is 28.5 Å². The minimum Gasteiger partial charge on any atom is -0.506 e. The van der Waals surface area contributed by atoms with Gasteiger partial charge in [0.15, 0.2) is 22.9 Å². The molecule has 0 spiro atoms.